The minimum Gasteiger partial charge on any atom is -0.493 e. The molecule has 1 aromatic rings. The molecule has 0 heterocycles. The van der Waals surface area contributed by atoms with Crippen LogP contribution in [0.3, 0.4) is 0 Å². The second-order valence-electron chi connectivity index (χ2n) is 3.76. The Morgan fingerprint density at radius 2 is 2.05 bits per heavy atom. The van der Waals surface area contributed by atoms with Gasteiger partial charge in [0.15, 0.2) is 11.5 Å². The third-order valence-electron chi connectivity index (χ3n) is 2.32. The van der Waals surface area contributed by atoms with E-state index in [9.17, 15) is 9.59 Å². The first kappa shape index (κ1) is 15.4. The van der Waals surface area contributed by atoms with Crippen molar-refractivity contribution in [2.24, 2.45) is 0 Å². The molecule has 0 aliphatic rings. The summed E-state index contributed by atoms with van der Waals surface area (Å²) in [6.07, 6.45) is 5.61. The number of nitrogens with two attached hydrogens (primary N) is 1. The van der Waals surface area contributed by atoms with Crippen molar-refractivity contribution in [3.05, 3.63) is 17.7 Å². The van der Waals surface area contributed by atoms with Crippen molar-refractivity contribution in [3.63, 3.8) is 0 Å². The summed E-state index contributed by atoms with van der Waals surface area (Å²) in [6.45, 7) is 2.38. The molecule has 6 nitrogen and oxygen atoms in total. The first-order valence-corrected chi connectivity index (χ1v) is 5.86. The molecule has 0 aliphatic heterocycles. The fourth-order valence-corrected chi connectivity index (χ4v) is 1.41. The first-order chi connectivity index (χ1) is 9.53. The quantitative estimate of drug-likeness (QED) is 0.287. The van der Waals surface area contributed by atoms with Gasteiger partial charge < -0.3 is 19.9 Å². The average molecular weight is 277 g/mol. The largest absolute Gasteiger partial charge is 0.493 e. The van der Waals surface area contributed by atoms with Crippen LogP contribution < -0.4 is 15.2 Å². The SMILES string of the molecule is C#CC(=O)OC(=O)c1cc(OCCC)c(OC)cc1N. The van der Waals surface area contributed by atoms with Crippen LogP contribution in [0.25, 0.3) is 0 Å². The van der Waals surface area contributed by atoms with Gasteiger partial charge in [-0.25, -0.2) is 9.59 Å². The standard InChI is InChI=1S/C14H15NO5/c1-4-6-19-12-7-9(10(15)8-11(12)18-3)14(17)20-13(16)5-2/h2,7-8H,4,6,15H2,1,3H3. The molecule has 2 N–H and O–H groups in total. The molecule has 20 heavy (non-hydrogen) atoms. The van der Waals surface area contributed by atoms with Gasteiger partial charge in [-0.3, -0.25) is 0 Å². The van der Waals surface area contributed by atoms with E-state index in [0.29, 0.717) is 18.1 Å². The smallest absolute Gasteiger partial charge is 0.391 e. The van der Waals surface area contributed by atoms with E-state index in [0.717, 1.165) is 6.42 Å². The van der Waals surface area contributed by atoms with E-state index in [-0.39, 0.29) is 11.3 Å². The van der Waals surface area contributed by atoms with Crippen molar-refractivity contribution in [2.45, 2.75) is 13.3 Å². The lowest BCUT2D eigenvalue weighted by Crippen LogP contribution is -2.13. The maximum absolute atomic E-state index is 11.7. The predicted molar refractivity (Wildman–Crippen MR) is 72.4 cm³/mol. The lowest BCUT2D eigenvalue weighted by molar-refractivity contribution is -0.131. The van der Waals surface area contributed by atoms with Gasteiger partial charge in [0.25, 0.3) is 0 Å². The lowest BCUT2D eigenvalue weighted by Gasteiger charge is -2.13. The molecule has 1 rings (SSSR count). The van der Waals surface area contributed by atoms with Gasteiger partial charge in [0.1, 0.15) is 0 Å². The summed E-state index contributed by atoms with van der Waals surface area (Å²) in [5.41, 5.74) is 5.80. The fourth-order valence-electron chi connectivity index (χ4n) is 1.41. The summed E-state index contributed by atoms with van der Waals surface area (Å²) >= 11 is 0. The molecule has 0 saturated carbocycles. The Labute approximate surface area is 116 Å². The zero-order valence-electron chi connectivity index (χ0n) is 11.3. The van der Waals surface area contributed by atoms with E-state index in [4.69, 9.17) is 21.6 Å². The lowest BCUT2D eigenvalue weighted by atomic mass is 10.1. The van der Waals surface area contributed by atoms with Crippen molar-refractivity contribution < 1.29 is 23.8 Å². The molecule has 0 atom stereocenters. The zero-order valence-corrected chi connectivity index (χ0v) is 11.3. The van der Waals surface area contributed by atoms with Crippen molar-refractivity contribution in [3.8, 4) is 23.8 Å². The average Bonchev–Trinajstić information content (AvgIpc) is 2.45. The molecule has 0 amide bonds. The molecule has 106 valence electrons. The topological polar surface area (TPSA) is 87.9 Å². The number of hydrogen-bond donors (Lipinski definition) is 1. The normalized spacial score (nSPS) is 9.45. The Hall–Kier alpha value is -2.68. The second-order valence-corrected chi connectivity index (χ2v) is 3.76. The number of rotatable bonds is 5. The van der Waals surface area contributed by atoms with Crippen LogP contribution in [0.4, 0.5) is 5.69 Å². The van der Waals surface area contributed by atoms with Crippen molar-refractivity contribution in [1.82, 2.24) is 0 Å². The van der Waals surface area contributed by atoms with Gasteiger partial charge in [0, 0.05) is 18.1 Å². The van der Waals surface area contributed by atoms with Crippen LogP contribution >= 0.6 is 0 Å². The molecule has 0 aromatic heterocycles. The van der Waals surface area contributed by atoms with Crippen molar-refractivity contribution in [1.29, 1.82) is 0 Å². The van der Waals surface area contributed by atoms with Crippen LogP contribution in [0.2, 0.25) is 0 Å². The first-order valence-electron chi connectivity index (χ1n) is 5.86. The number of hydrogen-bond acceptors (Lipinski definition) is 6. The second kappa shape index (κ2) is 7.04. The molecule has 6 heteroatoms. The molecule has 0 fully saturated rings. The molecule has 0 bridgehead atoms. The highest BCUT2D eigenvalue weighted by Crippen LogP contribution is 2.32. The van der Waals surface area contributed by atoms with E-state index in [2.05, 4.69) is 4.74 Å². The Morgan fingerprint density at radius 1 is 1.35 bits per heavy atom. The summed E-state index contributed by atoms with van der Waals surface area (Å²) in [5, 5.41) is 0. The number of nitrogen functional groups attached to an aromatic ring is 1. The molecule has 0 unspecified atom stereocenters. The van der Waals surface area contributed by atoms with Gasteiger partial charge in [-0.15, -0.1) is 6.42 Å². The Bertz CT molecular complexity index is 559. The molecule has 0 saturated heterocycles. The monoisotopic (exact) mass is 277 g/mol. The highest BCUT2D eigenvalue weighted by atomic mass is 16.6. The number of terminal acetylenes is 1. The van der Waals surface area contributed by atoms with Crippen LogP contribution in [0.5, 0.6) is 11.5 Å². The maximum Gasteiger partial charge on any atom is 0.391 e. The summed E-state index contributed by atoms with van der Waals surface area (Å²) in [6, 6.07) is 2.78. The predicted octanol–water partition coefficient (Wildman–Crippen LogP) is 1.38. The fraction of sp³-hybridized carbons (Fsp3) is 0.286. The summed E-state index contributed by atoms with van der Waals surface area (Å²) in [4.78, 5) is 22.7. The maximum atomic E-state index is 11.7. The summed E-state index contributed by atoms with van der Waals surface area (Å²) in [5.74, 6) is 0.382. The molecule has 0 aliphatic carbocycles. The van der Waals surface area contributed by atoms with Gasteiger partial charge in [-0.05, 0) is 6.42 Å². The van der Waals surface area contributed by atoms with Crippen molar-refractivity contribution in [2.75, 3.05) is 19.5 Å². The number of benzene rings is 1. The van der Waals surface area contributed by atoms with Crippen LogP contribution in [-0.4, -0.2) is 25.7 Å². The highest BCUT2D eigenvalue weighted by Gasteiger charge is 2.18. The van der Waals surface area contributed by atoms with Gasteiger partial charge >= 0.3 is 11.9 Å². The Kier molecular flexibility index (Phi) is 5.42. The van der Waals surface area contributed by atoms with E-state index in [1.807, 2.05) is 6.92 Å². The Balaban J connectivity index is 3.10. The molecule has 0 spiro atoms. The van der Waals surface area contributed by atoms with Gasteiger partial charge in [0.05, 0.1) is 25.0 Å². The number of methoxy groups -OCH3 is 1. The third kappa shape index (κ3) is 3.65. The minimum absolute atomic E-state index is 0.0134. The van der Waals surface area contributed by atoms with Gasteiger partial charge in [-0.2, -0.15) is 0 Å². The number of ether oxygens (including phenoxy) is 3. The molecule has 1 aromatic carbocycles. The summed E-state index contributed by atoms with van der Waals surface area (Å²) in [7, 11) is 1.45. The molecular weight excluding hydrogens is 262 g/mol. The minimum atomic E-state index is -1.08. The molecular formula is C14H15NO5. The van der Waals surface area contributed by atoms with E-state index >= 15 is 0 Å². The Morgan fingerprint density at radius 3 is 2.60 bits per heavy atom. The van der Waals surface area contributed by atoms with Crippen molar-refractivity contribution >= 4 is 17.6 Å². The van der Waals surface area contributed by atoms with Crippen LogP contribution in [0.15, 0.2) is 12.1 Å². The van der Waals surface area contributed by atoms with Gasteiger partial charge in [0.2, 0.25) is 0 Å². The third-order valence-corrected chi connectivity index (χ3v) is 2.32. The van der Waals surface area contributed by atoms with E-state index in [1.54, 1.807) is 5.92 Å². The van der Waals surface area contributed by atoms with E-state index < -0.39 is 11.9 Å². The van der Waals surface area contributed by atoms with E-state index in [1.165, 1.54) is 19.2 Å². The van der Waals surface area contributed by atoms with Gasteiger partial charge in [-0.1, -0.05) is 6.92 Å². The highest BCUT2D eigenvalue weighted by molar-refractivity contribution is 6.05. The number of carbonyl (C=O) groups excluding carboxylic acids is 2. The number of anilines is 1. The number of carbonyl (C=O) groups is 2. The zero-order chi connectivity index (χ0) is 15.1. The van der Waals surface area contributed by atoms with Crippen LogP contribution in [0.1, 0.15) is 23.7 Å². The summed E-state index contributed by atoms with van der Waals surface area (Å²) < 4.78 is 15.0. The van der Waals surface area contributed by atoms with Crippen LogP contribution in [0, 0.1) is 12.3 Å². The number of esters is 2. The molecule has 0 radical (unpaired) electrons. The van der Waals surface area contributed by atoms with Crippen LogP contribution in [-0.2, 0) is 9.53 Å².